The third-order valence-corrected chi connectivity index (χ3v) is 5.33. The van der Waals surface area contributed by atoms with Gasteiger partial charge in [-0.2, -0.15) is 0 Å². The van der Waals surface area contributed by atoms with Crippen molar-refractivity contribution >= 4 is 22.8 Å². The van der Waals surface area contributed by atoms with Crippen LogP contribution < -0.4 is 0 Å². The molecule has 1 N–H and O–H groups in total. The van der Waals surface area contributed by atoms with Crippen molar-refractivity contribution < 1.29 is 14.3 Å². The van der Waals surface area contributed by atoms with Crippen molar-refractivity contribution in [1.29, 1.82) is 0 Å². The molecule has 0 unspecified atom stereocenters. The van der Waals surface area contributed by atoms with Gasteiger partial charge in [-0.1, -0.05) is 30.3 Å². The lowest BCUT2D eigenvalue weighted by Crippen LogP contribution is -2.31. The number of carbonyl (C=O) groups excluding carboxylic acids is 2. The van der Waals surface area contributed by atoms with Gasteiger partial charge in [-0.25, -0.2) is 4.79 Å². The molecule has 0 saturated carbocycles. The monoisotopic (exact) mass is 376 g/mol. The first-order chi connectivity index (χ1) is 13.5. The van der Waals surface area contributed by atoms with Crippen LogP contribution in [0.4, 0.5) is 0 Å². The van der Waals surface area contributed by atoms with Crippen molar-refractivity contribution in [1.82, 2.24) is 9.88 Å². The number of benzene rings is 2. The van der Waals surface area contributed by atoms with Crippen molar-refractivity contribution in [3.05, 3.63) is 70.9 Å². The molecule has 144 valence electrons. The van der Waals surface area contributed by atoms with Crippen LogP contribution in [0.15, 0.2) is 48.5 Å². The number of likely N-dealkylation sites (N-methyl/N-ethyl adjacent to an activating group) is 1. The first-order valence-corrected chi connectivity index (χ1v) is 9.65. The van der Waals surface area contributed by atoms with Gasteiger partial charge in [0.15, 0.2) is 0 Å². The predicted octanol–water partition coefficient (Wildman–Crippen LogP) is 4.03. The van der Waals surface area contributed by atoms with Crippen LogP contribution in [0.5, 0.6) is 0 Å². The summed E-state index contributed by atoms with van der Waals surface area (Å²) < 4.78 is 5.67. The molecular weight excluding hydrogens is 352 g/mol. The van der Waals surface area contributed by atoms with Gasteiger partial charge < -0.3 is 14.6 Å². The minimum absolute atomic E-state index is 0.264. The van der Waals surface area contributed by atoms with E-state index in [0.29, 0.717) is 11.1 Å². The molecule has 1 amide bonds. The number of hydrogen-bond donors (Lipinski definition) is 1. The maximum Gasteiger partial charge on any atom is 0.339 e. The summed E-state index contributed by atoms with van der Waals surface area (Å²) in [5.41, 5.74) is 4.76. The van der Waals surface area contributed by atoms with Gasteiger partial charge in [-0.05, 0) is 49.4 Å². The molecule has 0 saturated heterocycles. The normalized spacial score (nSPS) is 14.4. The van der Waals surface area contributed by atoms with Gasteiger partial charge in [0.2, 0.25) is 6.10 Å². The van der Waals surface area contributed by atoms with Gasteiger partial charge in [0, 0.05) is 36.3 Å². The Balaban J connectivity index is 1.65. The second-order valence-corrected chi connectivity index (χ2v) is 7.48. The number of nitrogens with one attached hydrogen (secondary N) is 1. The summed E-state index contributed by atoms with van der Waals surface area (Å²) in [7, 11) is 3.31. The molecular formula is C23H24N2O3. The molecule has 5 heteroatoms. The highest BCUT2D eigenvalue weighted by Gasteiger charge is 2.27. The second-order valence-electron chi connectivity index (χ2n) is 7.48. The molecule has 0 bridgehead atoms. The highest BCUT2D eigenvalue weighted by Crippen LogP contribution is 2.30. The minimum Gasteiger partial charge on any atom is -0.444 e. The van der Waals surface area contributed by atoms with Gasteiger partial charge in [0.1, 0.15) is 0 Å². The quantitative estimate of drug-likeness (QED) is 0.699. The van der Waals surface area contributed by atoms with E-state index in [1.807, 2.05) is 30.3 Å². The largest absolute Gasteiger partial charge is 0.444 e. The van der Waals surface area contributed by atoms with E-state index in [2.05, 4.69) is 4.98 Å². The van der Waals surface area contributed by atoms with Gasteiger partial charge in [0.25, 0.3) is 5.91 Å². The summed E-state index contributed by atoms with van der Waals surface area (Å²) >= 11 is 0. The number of ether oxygens (including phenoxy) is 1. The lowest BCUT2D eigenvalue weighted by molar-refractivity contribution is -0.138. The van der Waals surface area contributed by atoms with Crippen molar-refractivity contribution in [3.63, 3.8) is 0 Å². The fraction of sp³-hybridized carbons (Fsp3) is 0.304. The fourth-order valence-corrected chi connectivity index (χ4v) is 3.83. The maximum atomic E-state index is 12.9. The highest BCUT2D eigenvalue weighted by atomic mass is 16.5. The number of H-pyrrole nitrogens is 1. The highest BCUT2D eigenvalue weighted by molar-refractivity contribution is 5.97. The van der Waals surface area contributed by atoms with Crippen LogP contribution in [0.25, 0.3) is 10.9 Å². The molecule has 0 fully saturated rings. The molecule has 0 spiro atoms. The SMILES string of the molecule is CN(C)C(=O)[C@H](OC(=O)c1ccc2[nH]c3c(c2c1)CCCC3)c1ccccc1. The number of carbonyl (C=O) groups is 2. The Morgan fingerprint density at radius 1 is 1.04 bits per heavy atom. The summed E-state index contributed by atoms with van der Waals surface area (Å²) in [4.78, 5) is 30.4. The zero-order chi connectivity index (χ0) is 19.7. The van der Waals surface area contributed by atoms with Crippen LogP contribution in [0.2, 0.25) is 0 Å². The van der Waals surface area contributed by atoms with Gasteiger partial charge >= 0.3 is 5.97 Å². The molecule has 1 aliphatic rings. The molecule has 4 rings (SSSR count). The Morgan fingerprint density at radius 3 is 2.54 bits per heavy atom. The molecule has 0 radical (unpaired) electrons. The van der Waals surface area contributed by atoms with E-state index in [1.54, 1.807) is 32.3 Å². The zero-order valence-corrected chi connectivity index (χ0v) is 16.2. The van der Waals surface area contributed by atoms with Gasteiger partial charge in [0.05, 0.1) is 5.56 Å². The summed E-state index contributed by atoms with van der Waals surface area (Å²) in [6.07, 6.45) is 3.48. The van der Waals surface area contributed by atoms with Gasteiger partial charge in [-0.3, -0.25) is 4.79 Å². The summed E-state index contributed by atoms with van der Waals surface area (Å²) in [5, 5.41) is 1.08. The third kappa shape index (κ3) is 3.40. The standard InChI is InChI=1S/C23H24N2O3/c1-25(2)22(26)21(15-8-4-3-5-9-15)28-23(27)16-12-13-20-18(14-16)17-10-6-7-11-19(17)24-20/h3-5,8-9,12-14,21,24H,6-7,10-11H2,1-2H3/t21-/m1/s1. The van der Waals surface area contributed by atoms with Crippen molar-refractivity contribution in [2.75, 3.05) is 14.1 Å². The van der Waals surface area contributed by atoms with Crippen LogP contribution in [0.1, 0.15) is 46.1 Å². The summed E-state index contributed by atoms with van der Waals surface area (Å²) in [6, 6.07) is 14.7. The second kappa shape index (κ2) is 7.50. The smallest absolute Gasteiger partial charge is 0.339 e. The topological polar surface area (TPSA) is 62.4 Å². The Labute approximate surface area is 164 Å². The number of aryl methyl sites for hydroxylation is 2. The van der Waals surface area contributed by atoms with Crippen molar-refractivity contribution in [2.24, 2.45) is 0 Å². The Bertz CT molecular complexity index is 1020. The van der Waals surface area contributed by atoms with Gasteiger partial charge in [-0.15, -0.1) is 0 Å². The van der Waals surface area contributed by atoms with E-state index in [4.69, 9.17) is 4.74 Å². The molecule has 2 aromatic carbocycles. The average molecular weight is 376 g/mol. The molecule has 1 aromatic heterocycles. The summed E-state index contributed by atoms with van der Waals surface area (Å²) in [5.74, 6) is -0.753. The number of rotatable bonds is 4. The summed E-state index contributed by atoms with van der Waals surface area (Å²) in [6.45, 7) is 0. The number of esters is 1. The van der Waals surface area contributed by atoms with Crippen molar-refractivity contribution in [3.8, 4) is 0 Å². The molecule has 5 nitrogen and oxygen atoms in total. The number of fused-ring (bicyclic) bond motifs is 3. The Kier molecular flexibility index (Phi) is 4.90. The van der Waals surface area contributed by atoms with E-state index in [0.717, 1.165) is 23.7 Å². The molecule has 3 aromatic rings. The maximum absolute atomic E-state index is 12.9. The first kappa shape index (κ1) is 18.3. The number of aromatic amines is 1. The van der Waals surface area contributed by atoms with E-state index < -0.39 is 12.1 Å². The van der Waals surface area contributed by atoms with E-state index >= 15 is 0 Å². The Morgan fingerprint density at radius 2 is 1.79 bits per heavy atom. The van der Waals surface area contributed by atoms with Crippen LogP contribution in [0, 0.1) is 0 Å². The lowest BCUT2D eigenvalue weighted by atomic mass is 9.95. The van der Waals surface area contributed by atoms with Crippen LogP contribution in [-0.4, -0.2) is 35.9 Å². The molecule has 1 aliphatic carbocycles. The van der Waals surface area contributed by atoms with E-state index in [9.17, 15) is 9.59 Å². The van der Waals surface area contributed by atoms with E-state index in [-0.39, 0.29) is 5.91 Å². The first-order valence-electron chi connectivity index (χ1n) is 9.65. The molecule has 1 atom stereocenters. The number of amides is 1. The number of hydrogen-bond acceptors (Lipinski definition) is 3. The number of nitrogens with zero attached hydrogens (tertiary/aromatic N) is 1. The van der Waals surface area contributed by atoms with Crippen LogP contribution >= 0.6 is 0 Å². The minimum atomic E-state index is -0.959. The van der Waals surface area contributed by atoms with Crippen LogP contribution in [0.3, 0.4) is 0 Å². The third-order valence-electron chi connectivity index (χ3n) is 5.33. The fourth-order valence-electron chi connectivity index (χ4n) is 3.83. The number of aromatic nitrogens is 1. The zero-order valence-electron chi connectivity index (χ0n) is 16.2. The molecule has 0 aliphatic heterocycles. The van der Waals surface area contributed by atoms with Crippen molar-refractivity contribution in [2.45, 2.75) is 31.8 Å². The molecule has 28 heavy (non-hydrogen) atoms. The van der Waals surface area contributed by atoms with Crippen LogP contribution in [-0.2, 0) is 22.4 Å². The molecule has 1 heterocycles. The average Bonchev–Trinajstić information content (AvgIpc) is 3.09. The lowest BCUT2D eigenvalue weighted by Gasteiger charge is -2.21. The Hall–Kier alpha value is -3.08. The predicted molar refractivity (Wildman–Crippen MR) is 108 cm³/mol. The van der Waals surface area contributed by atoms with E-state index in [1.165, 1.54) is 29.0 Å².